The molecule has 12 atom stereocenters. The molecule has 17 heteroatoms. The van der Waals surface area contributed by atoms with Crippen LogP contribution < -0.4 is 16.0 Å². The van der Waals surface area contributed by atoms with Crippen molar-refractivity contribution in [3.05, 3.63) is 35.9 Å². The van der Waals surface area contributed by atoms with Crippen molar-refractivity contribution in [2.24, 2.45) is 29.6 Å². The van der Waals surface area contributed by atoms with E-state index in [4.69, 9.17) is 9.47 Å². The van der Waals surface area contributed by atoms with E-state index >= 15 is 0 Å². The normalized spacial score (nSPS) is 23.3. The zero-order chi connectivity index (χ0) is 48.8. The molecular weight excluding hydrogens is 912 g/mol. The summed E-state index contributed by atoms with van der Waals surface area (Å²) in [5.74, 6) is -3.69. The Labute approximate surface area is 400 Å². The Kier molecular flexibility index (Phi) is 21.4. The maximum Gasteiger partial charge on any atom is 0.326 e. The van der Waals surface area contributed by atoms with Crippen molar-refractivity contribution in [2.75, 3.05) is 39.7 Å². The van der Waals surface area contributed by atoms with E-state index in [1.54, 1.807) is 40.8 Å². The number of likely N-dealkylation sites (N-methyl/N-ethyl adjacent to an activating group) is 1. The Morgan fingerprint density at radius 2 is 1.62 bits per heavy atom. The molecule has 2 bridgehead atoms. The van der Waals surface area contributed by atoms with Crippen molar-refractivity contribution in [1.82, 2.24) is 30.7 Å². The third-order valence-corrected chi connectivity index (χ3v) is 15.1. The molecule has 1 aromatic rings. The van der Waals surface area contributed by atoms with Crippen molar-refractivity contribution in [1.29, 1.82) is 0 Å². The molecule has 0 radical (unpaired) electrons. The molecule has 6 amide bonds. The van der Waals surface area contributed by atoms with Gasteiger partial charge in [0.05, 0.1) is 42.0 Å². The molecule has 0 unspecified atom stereocenters. The lowest BCUT2D eigenvalue weighted by atomic mass is 9.89. The molecule has 0 aromatic heterocycles. The number of unbranched alkanes of at least 4 members (excludes halogenated alkanes) is 2. The lowest BCUT2D eigenvalue weighted by Gasteiger charge is -2.41. The van der Waals surface area contributed by atoms with Gasteiger partial charge in [0.15, 0.2) is 0 Å². The first-order chi connectivity index (χ1) is 31.4. The molecule has 2 heterocycles. The van der Waals surface area contributed by atoms with Crippen LogP contribution in [0, 0.1) is 29.6 Å². The van der Waals surface area contributed by atoms with Crippen LogP contribution in [0.25, 0.3) is 0 Å². The van der Waals surface area contributed by atoms with Crippen molar-refractivity contribution in [3.63, 3.8) is 0 Å². The molecule has 66 heavy (non-hydrogen) atoms. The van der Waals surface area contributed by atoms with Gasteiger partial charge in [0.25, 0.3) is 0 Å². The van der Waals surface area contributed by atoms with Crippen LogP contribution in [0.4, 0.5) is 0 Å². The minimum atomic E-state index is -1.15. The number of piperidine rings is 1. The third kappa shape index (κ3) is 13.5. The standard InChI is InChI=1S/C49H77BrN6O10/c1-10-30(4)43(38(65-8)27-41(59)55-25-17-20-37(55)45(66-9)32(6)46(60)52-35(49(63)64)26-33-18-13-11-14-19-33)54(7)48(62)42(29(2)3)53-47(61)44-34-22-23-36(31(34)5)56(44)40(58)21-15-12-16-24-51-39(57)28-50/h11,13-14,18-19,29-32,34-38,42-45H,10,12,15-17,20-28H2,1-9H3,(H,51,57)(H,52,60)(H,53,61)(H,63,64)/t30-,31-,32+,34-,35-,36-,37-,38+,42-,43-,44-,45+/m0/s1. The van der Waals surface area contributed by atoms with Crippen LogP contribution in [0.5, 0.6) is 0 Å². The van der Waals surface area contributed by atoms with E-state index in [0.717, 1.165) is 31.2 Å². The first-order valence-electron chi connectivity index (χ1n) is 24.0. The summed E-state index contributed by atoms with van der Waals surface area (Å²) >= 11 is 3.14. The predicted octanol–water partition coefficient (Wildman–Crippen LogP) is 4.56. The fraction of sp³-hybridized carbons (Fsp3) is 0.735. The highest BCUT2D eigenvalue weighted by Crippen LogP contribution is 2.47. The number of carbonyl (C=O) groups excluding carboxylic acids is 6. The lowest BCUT2D eigenvalue weighted by Crippen LogP contribution is -2.60. The van der Waals surface area contributed by atoms with Crippen LogP contribution in [0.2, 0.25) is 0 Å². The maximum absolute atomic E-state index is 14.7. The average Bonchev–Trinajstić information content (AvgIpc) is 4.01. The van der Waals surface area contributed by atoms with Crippen LogP contribution in [-0.4, -0.2) is 149 Å². The summed E-state index contributed by atoms with van der Waals surface area (Å²) in [5, 5.41) is 18.8. The number of nitrogens with zero attached hydrogens (tertiary/aromatic N) is 3. The van der Waals surface area contributed by atoms with Crippen molar-refractivity contribution < 1.29 is 48.1 Å². The SMILES string of the molecule is CC[C@H](C)[C@@H]([C@@H](CC(=O)N1CCC[C@H]1[C@H](OC)[C@@H](C)C(=O)N[C@@H](Cc1ccccc1)C(=O)O)OC)N(C)C(=O)[C@@H](NC(=O)[C@@H]1[C@H]2CC[C@@H]([C@H]2C)N1C(=O)CCCCCNC(=O)CBr)C(C)C. The second-order valence-corrected chi connectivity index (χ2v) is 19.7. The molecule has 1 aliphatic carbocycles. The lowest BCUT2D eigenvalue weighted by molar-refractivity contribution is -0.149. The van der Waals surface area contributed by atoms with Gasteiger partial charge in [-0.05, 0) is 67.8 Å². The second kappa shape index (κ2) is 25.9. The number of aliphatic carboxylic acids is 1. The molecule has 2 aliphatic heterocycles. The highest BCUT2D eigenvalue weighted by Gasteiger charge is 2.56. The minimum Gasteiger partial charge on any atom is -0.480 e. The molecule has 1 saturated carbocycles. The Balaban J connectivity index is 1.45. The molecule has 3 fully saturated rings. The number of carboxylic acids is 1. The molecule has 16 nitrogen and oxygen atoms in total. The first kappa shape index (κ1) is 54.5. The summed E-state index contributed by atoms with van der Waals surface area (Å²) in [4.78, 5) is 99.7. The third-order valence-electron chi connectivity index (χ3n) is 14.6. The Bertz CT molecular complexity index is 1800. The van der Waals surface area contributed by atoms with E-state index in [2.05, 4.69) is 38.8 Å². The average molecular weight is 990 g/mol. The molecule has 4 N–H and O–H groups in total. The highest BCUT2D eigenvalue weighted by atomic mass is 79.9. The minimum absolute atomic E-state index is 0.0124. The molecule has 3 aliphatic rings. The smallest absolute Gasteiger partial charge is 0.326 e. The van der Waals surface area contributed by atoms with Crippen molar-refractivity contribution in [2.45, 2.75) is 161 Å². The van der Waals surface area contributed by atoms with Crippen molar-refractivity contribution in [3.8, 4) is 0 Å². The summed E-state index contributed by atoms with van der Waals surface area (Å²) in [6.45, 7) is 12.5. The van der Waals surface area contributed by atoms with Crippen LogP contribution in [-0.2, 0) is 49.5 Å². The Hall–Kier alpha value is -4.09. The summed E-state index contributed by atoms with van der Waals surface area (Å²) in [5.41, 5.74) is 0.772. The van der Waals surface area contributed by atoms with Crippen LogP contribution >= 0.6 is 15.9 Å². The van der Waals surface area contributed by atoms with Gasteiger partial charge in [-0.25, -0.2) is 4.79 Å². The fourth-order valence-corrected chi connectivity index (χ4v) is 10.9. The summed E-state index contributed by atoms with van der Waals surface area (Å²) in [6.07, 6.45) is 4.68. The van der Waals surface area contributed by atoms with Crippen LogP contribution in [0.1, 0.15) is 111 Å². The number of alkyl halides is 1. The molecule has 370 valence electrons. The molecular formula is C49H77BrN6O10. The fourth-order valence-electron chi connectivity index (χ4n) is 10.7. The number of benzene rings is 1. The number of ether oxygens (including phenoxy) is 2. The van der Waals surface area contributed by atoms with Gasteiger partial charge in [-0.1, -0.05) is 101 Å². The monoisotopic (exact) mass is 988 g/mol. The van der Waals surface area contributed by atoms with Gasteiger partial charge < -0.3 is 45.2 Å². The van der Waals surface area contributed by atoms with Gasteiger partial charge >= 0.3 is 5.97 Å². The molecule has 4 rings (SSSR count). The number of rotatable bonds is 26. The van der Waals surface area contributed by atoms with E-state index in [-0.39, 0.29) is 77.4 Å². The van der Waals surface area contributed by atoms with Gasteiger partial charge in [-0.2, -0.15) is 0 Å². The molecule has 2 saturated heterocycles. The van der Waals surface area contributed by atoms with E-state index in [0.29, 0.717) is 45.2 Å². The van der Waals surface area contributed by atoms with Gasteiger partial charge in [0, 0.05) is 53.2 Å². The Morgan fingerprint density at radius 1 is 0.924 bits per heavy atom. The van der Waals surface area contributed by atoms with Gasteiger partial charge in [-0.3, -0.25) is 28.8 Å². The van der Waals surface area contributed by atoms with E-state index in [1.165, 1.54) is 14.2 Å². The Morgan fingerprint density at radius 3 is 2.23 bits per heavy atom. The van der Waals surface area contributed by atoms with Gasteiger partial charge in [-0.15, -0.1) is 0 Å². The van der Waals surface area contributed by atoms with Crippen molar-refractivity contribution >= 4 is 57.3 Å². The quantitative estimate of drug-likeness (QED) is 0.0753. The maximum atomic E-state index is 14.7. The van der Waals surface area contributed by atoms with Crippen LogP contribution in [0.3, 0.4) is 0 Å². The number of amides is 6. The van der Waals surface area contributed by atoms with E-state index in [9.17, 15) is 38.7 Å². The van der Waals surface area contributed by atoms with Gasteiger partial charge in [0.2, 0.25) is 35.4 Å². The number of halogens is 1. The number of carbonyl (C=O) groups is 7. The zero-order valence-corrected chi connectivity index (χ0v) is 42.2. The van der Waals surface area contributed by atoms with Crippen LogP contribution in [0.15, 0.2) is 30.3 Å². The number of methoxy groups -OCH3 is 2. The number of hydrogen-bond donors (Lipinski definition) is 4. The predicted molar refractivity (Wildman–Crippen MR) is 254 cm³/mol. The van der Waals surface area contributed by atoms with Gasteiger partial charge in [0.1, 0.15) is 18.1 Å². The second-order valence-electron chi connectivity index (χ2n) is 19.1. The highest BCUT2D eigenvalue weighted by molar-refractivity contribution is 9.09. The number of hydrogen-bond acceptors (Lipinski definition) is 9. The number of carboxylic acid groups (broad SMARTS) is 1. The first-order valence-corrected chi connectivity index (χ1v) is 25.2. The summed E-state index contributed by atoms with van der Waals surface area (Å²) in [6, 6.07) is 5.29. The molecule has 0 spiro atoms. The van der Waals surface area contributed by atoms with E-state index < -0.39 is 60.2 Å². The summed E-state index contributed by atoms with van der Waals surface area (Å²) in [7, 11) is 4.71. The zero-order valence-electron chi connectivity index (χ0n) is 40.6. The topological polar surface area (TPSA) is 204 Å². The molecule has 1 aromatic carbocycles. The summed E-state index contributed by atoms with van der Waals surface area (Å²) < 4.78 is 12.0. The number of likely N-dealkylation sites (tertiary alicyclic amines) is 2. The van der Waals surface area contributed by atoms with E-state index in [1.807, 2.05) is 45.9 Å². The largest absolute Gasteiger partial charge is 0.480 e. The number of nitrogens with one attached hydrogen (secondary N) is 3. The number of fused-ring (bicyclic) bond motifs is 2.